The zero-order valence-corrected chi connectivity index (χ0v) is 12.2. The van der Waals surface area contributed by atoms with Crippen LogP contribution in [0.2, 0.25) is 0 Å². The van der Waals surface area contributed by atoms with E-state index >= 15 is 0 Å². The number of aliphatic hydroxyl groups is 2. The van der Waals surface area contributed by atoms with E-state index in [4.69, 9.17) is 10.2 Å². The Bertz CT molecular complexity index is 374. The van der Waals surface area contributed by atoms with Crippen LogP contribution in [0.5, 0.6) is 0 Å². The van der Waals surface area contributed by atoms with Gasteiger partial charge in [0.15, 0.2) is 24.3 Å². The summed E-state index contributed by atoms with van der Waals surface area (Å²) in [7, 11) is -7.53. The van der Waals surface area contributed by atoms with Crippen LogP contribution in [0.25, 0.3) is 0 Å². The van der Waals surface area contributed by atoms with Crippen molar-refractivity contribution >= 4 is 19.7 Å². The van der Waals surface area contributed by atoms with E-state index in [1.807, 2.05) is 0 Å². The van der Waals surface area contributed by atoms with Crippen molar-refractivity contribution in [2.45, 2.75) is 37.2 Å². The van der Waals surface area contributed by atoms with E-state index in [2.05, 4.69) is 0 Å². The highest BCUT2D eigenvalue weighted by molar-refractivity contribution is 8.09. The highest BCUT2D eigenvalue weighted by Gasteiger charge is 2.35. The van der Waals surface area contributed by atoms with Gasteiger partial charge in [0.05, 0.1) is 11.5 Å². The van der Waals surface area contributed by atoms with Gasteiger partial charge in [-0.05, 0) is 19.3 Å². The summed E-state index contributed by atoms with van der Waals surface area (Å²) in [5.41, 5.74) is 0. The van der Waals surface area contributed by atoms with Gasteiger partial charge in [0.25, 0.3) is 0 Å². The van der Waals surface area contributed by atoms with Gasteiger partial charge in [-0.1, -0.05) is 13.3 Å². The maximum absolute atomic E-state index is 11.9. The molecule has 0 bridgehead atoms. The van der Waals surface area contributed by atoms with Crippen LogP contribution < -0.4 is 0 Å². The Labute approximate surface area is 109 Å². The Kier molecular flexibility index (Phi) is 8.00. The Morgan fingerprint density at radius 3 is 1.56 bits per heavy atom. The third-order valence-corrected chi connectivity index (χ3v) is 8.05. The van der Waals surface area contributed by atoms with Gasteiger partial charge < -0.3 is 10.2 Å². The molecule has 18 heavy (non-hydrogen) atoms. The number of aliphatic hydroxyl groups excluding tert-OH is 2. The summed E-state index contributed by atoms with van der Waals surface area (Å²) < 4.78 is 46.3. The van der Waals surface area contributed by atoms with E-state index < -0.39 is 24.3 Å². The van der Waals surface area contributed by atoms with Gasteiger partial charge in [0.1, 0.15) is 0 Å². The highest BCUT2D eigenvalue weighted by atomic mass is 32.3. The van der Waals surface area contributed by atoms with Crippen LogP contribution >= 0.6 is 0 Å². The highest BCUT2D eigenvalue weighted by Crippen LogP contribution is 2.19. The fraction of sp³-hybridized carbons (Fsp3) is 1.00. The number of sulfone groups is 2. The SMILES string of the molecule is CCCC(S(=O)(=O)CCCO)S(=O)(=O)CCCO. The second-order valence-corrected chi connectivity index (χ2v) is 9.01. The van der Waals surface area contributed by atoms with Crippen LogP contribution in [0.3, 0.4) is 0 Å². The van der Waals surface area contributed by atoms with E-state index in [-0.39, 0.29) is 44.0 Å². The predicted octanol–water partition coefficient (Wildman–Crippen LogP) is -0.293. The maximum Gasteiger partial charge on any atom is 0.167 e. The van der Waals surface area contributed by atoms with Crippen LogP contribution in [0, 0.1) is 0 Å². The van der Waals surface area contributed by atoms with Crippen LogP contribution in [-0.4, -0.2) is 56.4 Å². The third-order valence-electron chi connectivity index (χ3n) is 2.50. The van der Waals surface area contributed by atoms with Crippen molar-refractivity contribution in [2.24, 2.45) is 0 Å². The van der Waals surface area contributed by atoms with Gasteiger partial charge in [-0.3, -0.25) is 0 Å². The van der Waals surface area contributed by atoms with Crippen LogP contribution in [0.4, 0.5) is 0 Å². The zero-order chi connectivity index (χ0) is 14.2. The fourth-order valence-corrected chi connectivity index (χ4v) is 6.76. The molecule has 0 saturated carbocycles. The molecule has 0 rings (SSSR count). The van der Waals surface area contributed by atoms with Gasteiger partial charge in [-0.2, -0.15) is 0 Å². The second-order valence-electron chi connectivity index (χ2n) is 4.11. The first-order valence-corrected chi connectivity index (χ1v) is 9.39. The van der Waals surface area contributed by atoms with E-state index in [1.165, 1.54) is 0 Å². The molecule has 0 radical (unpaired) electrons. The molecule has 0 unspecified atom stereocenters. The van der Waals surface area contributed by atoms with Gasteiger partial charge in [-0.15, -0.1) is 0 Å². The Hall–Kier alpha value is -0.180. The molecule has 0 aliphatic heterocycles. The molecule has 0 heterocycles. The minimum atomic E-state index is -3.76. The summed E-state index contributed by atoms with van der Waals surface area (Å²) in [4.78, 5) is 0. The van der Waals surface area contributed by atoms with Crippen molar-refractivity contribution in [3.05, 3.63) is 0 Å². The van der Waals surface area contributed by atoms with Crippen LogP contribution in [0.1, 0.15) is 32.6 Å². The van der Waals surface area contributed by atoms with Crippen molar-refractivity contribution in [1.82, 2.24) is 0 Å². The largest absolute Gasteiger partial charge is 0.396 e. The molecular weight excluding hydrogens is 280 g/mol. The lowest BCUT2D eigenvalue weighted by Crippen LogP contribution is -2.34. The summed E-state index contributed by atoms with van der Waals surface area (Å²) in [6.07, 6.45) is 0.582. The topological polar surface area (TPSA) is 109 Å². The molecule has 2 N–H and O–H groups in total. The molecule has 0 saturated heterocycles. The molecule has 0 fully saturated rings. The van der Waals surface area contributed by atoms with Gasteiger partial charge >= 0.3 is 0 Å². The molecule has 8 heteroatoms. The second kappa shape index (κ2) is 8.08. The monoisotopic (exact) mass is 302 g/mol. The Morgan fingerprint density at radius 2 is 1.28 bits per heavy atom. The van der Waals surface area contributed by atoms with Crippen molar-refractivity contribution in [2.75, 3.05) is 24.7 Å². The summed E-state index contributed by atoms with van der Waals surface area (Å²) >= 11 is 0. The lowest BCUT2D eigenvalue weighted by Gasteiger charge is -2.17. The summed E-state index contributed by atoms with van der Waals surface area (Å²) in [6.45, 7) is 1.15. The van der Waals surface area contributed by atoms with Crippen molar-refractivity contribution in [1.29, 1.82) is 0 Å². The lowest BCUT2D eigenvalue weighted by molar-refractivity contribution is 0.295. The maximum atomic E-state index is 11.9. The molecule has 0 aliphatic carbocycles. The quantitative estimate of drug-likeness (QED) is 0.574. The van der Waals surface area contributed by atoms with Crippen LogP contribution in [0.15, 0.2) is 0 Å². The normalized spacial score (nSPS) is 13.1. The number of rotatable bonds is 10. The van der Waals surface area contributed by atoms with E-state index in [1.54, 1.807) is 6.92 Å². The number of hydrogen-bond donors (Lipinski definition) is 2. The molecule has 0 aromatic carbocycles. The molecule has 0 aromatic heterocycles. The minimum absolute atomic E-state index is 0.0397. The molecular formula is C10H22O6S2. The standard InChI is InChI=1S/C10H22O6S2/c1-2-5-10(17(13,14)8-3-6-11)18(15,16)9-4-7-12/h10-12H,2-9H2,1H3. The van der Waals surface area contributed by atoms with Crippen molar-refractivity contribution in [3.63, 3.8) is 0 Å². The van der Waals surface area contributed by atoms with Gasteiger partial charge in [-0.25, -0.2) is 16.8 Å². The average Bonchev–Trinajstić information content (AvgIpc) is 2.30. The van der Waals surface area contributed by atoms with E-state index in [0.717, 1.165) is 0 Å². The third kappa shape index (κ3) is 5.64. The summed E-state index contributed by atoms with van der Waals surface area (Å²) in [6, 6.07) is 0. The van der Waals surface area contributed by atoms with E-state index in [9.17, 15) is 16.8 Å². The molecule has 0 aromatic rings. The fourth-order valence-electron chi connectivity index (χ4n) is 1.61. The molecule has 110 valence electrons. The molecule has 6 nitrogen and oxygen atoms in total. The summed E-state index contributed by atoms with van der Waals surface area (Å²) in [5, 5.41) is 17.3. The Balaban J connectivity index is 5.06. The van der Waals surface area contributed by atoms with Gasteiger partial charge in [0, 0.05) is 13.2 Å². The smallest absolute Gasteiger partial charge is 0.167 e. The molecule has 0 aliphatic rings. The first-order valence-electron chi connectivity index (χ1n) is 5.96. The first-order chi connectivity index (χ1) is 8.31. The van der Waals surface area contributed by atoms with Crippen molar-refractivity contribution < 1.29 is 27.0 Å². The lowest BCUT2D eigenvalue weighted by atomic mass is 10.4. The zero-order valence-electron chi connectivity index (χ0n) is 10.6. The number of hydrogen-bond acceptors (Lipinski definition) is 6. The van der Waals surface area contributed by atoms with E-state index in [0.29, 0.717) is 6.42 Å². The minimum Gasteiger partial charge on any atom is -0.396 e. The van der Waals surface area contributed by atoms with Crippen LogP contribution in [-0.2, 0) is 19.7 Å². The summed E-state index contributed by atoms with van der Waals surface area (Å²) in [5.74, 6) is -0.654. The molecule has 0 amide bonds. The van der Waals surface area contributed by atoms with Crippen molar-refractivity contribution in [3.8, 4) is 0 Å². The molecule has 0 atom stereocenters. The average molecular weight is 302 g/mol. The molecule has 0 spiro atoms. The van der Waals surface area contributed by atoms with Gasteiger partial charge in [0.2, 0.25) is 0 Å². The Morgan fingerprint density at radius 1 is 0.889 bits per heavy atom. The first kappa shape index (κ1) is 17.8. The predicted molar refractivity (Wildman–Crippen MR) is 69.7 cm³/mol.